The van der Waals surface area contributed by atoms with Crippen LogP contribution in [0.1, 0.15) is 22.5 Å². The molecule has 0 aliphatic heterocycles. The molecule has 0 saturated carbocycles. The molecule has 1 heterocycles. The van der Waals surface area contributed by atoms with Crippen molar-refractivity contribution in [1.82, 2.24) is 4.98 Å². The highest BCUT2D eigenvalue weighted by molar-refractivity contribution is 5.96. The zero-order valence-electron chi connectivity index (χ0n) is 11.5. The van der Waals surface area contributed by atoms with Gasteiger partial charge >= 0.3 is 5.97 Å². The van der Waals surface area contributed by atoms with Crippen LogP contribution in [0, 0.1) is 10.1 Å². The van der Waals surface area contributed by atoms with Gasteiger partial charge in [0.05, 0.1) is 17.2 Å². The minimum absolute atomic E-state index is 0.0305. The Balaban J connectivity index is 2.50. The number of hydrogen-bond donors (Lipinski definition) is 1. The third-order valence-corrected chi connectivity index (χ3v) is 3.17. The summed E-state index contributed by atoms with van der Waals surface area (Å²) in [6.45, 7) is -0.418. The van der Waals surface area contributed by atoms with Crippen molar-refractivity contribution in [3.05, 3.63) is 57.9 Å². The van der Waals surface area contributed by atoms with Crippen molar-refractivity contribution in [2.75, 3.05) is 6.67 Å². The Morgan fingerprint density at radius 1 is 1.27 bits per heavy atom. The first-order chi connectivity index (χ1) is 10.5. The molecular formula is C15H13FN2O4. The Bertz CT molecular complexity index is 669. The summed E-state index contributed by atoms with van der Waals surface area (Å²) in [5, 5.41) is 20.3. The molecule has 0 spiro atoms. The van der Waals surface area contributed by atoms with E-state index in [9.17, 15) is 24.4 Å². The lowest BCUT2D eigenvalue weighted by Crippen LogP contribution is -2.05. The van der Waals surface area contributed by atoms with Gasteiger partial charge in [-0.25, -0.2) is 9.78 Å². The molecule has 0 saturated heterocycles. The molecule has 22 heavy (non-hydrogen) atoms. The van der Waals surface area contributed by atoms with Gasteiger partial charge in [-0.1, -0.05) is 24.3 Å². The van der Waals surface area contributed by atoms with Crippen LogP contribution in [0.4, 0.5) is 10.1 Å². The van der Waals surface area contributed by atoms with Gasteiger partial charge in [-0.3, -0.25) is 14.5 Å². The molecule has 7 heteroatoms. The molecule has 1 N–H and O–H groups in total. The number of rotatable bonds is 6. The van der Waals surface area contributed by atoms with E-state index in [1.807, 2.05) is 0 Å². The van der Waals surface area contributed by atoms with E-state index in [0.29, 0.717) is 18.4 Å². The fourth-order valence-corrected chi connectivity index (χ4v) is 2.16. The van der Waals surface area contributed by atoms with Gasteiger partial charge in [-0.15, -0.1) is 0 Å². The number of hydrogen-bond acceptors (Lipinski definition) is 4. The van der Waals surface area contributed by atoms with E-state index >= 15 is 0 Å². The molecule has 1 aromatic carbocycles. The van der Waals surface area contributed by atoms with E-state index in [-0.39, 0.29) is 16.9 Å². The van der Waals surface area contributed by atoms with Crippen LogP contribution in [0.5, 0.6) is 0 Å². The highest BCUT2D eigenvalue weighted by atomic mass is 19.1. The minimum Gasteiger partial charge on any atom is -0.476 e. The van der Waals surface area contributed by atoms with Gasteiger partial charge in [-0.05, 0) is 24.0 Å². The summed E-state index contributed by atoms with van der Waals surface area (Å²) in [5.41, 5.74) is 0.553. The van der Waals surface area contributed by atoms with Crippen LogP contribution in [-0.4, -0.2) is 27.7 Å². The van der Waals surface area contributed by atoms with Crippen molar-refractivity contribution in [3.8, 4) is 11.1 Å². The molecule has 2 aromatic rings. The van der Waals surface area contributed by atoms with Gasteiger partial charge in [0.15, 0.2) is 5.69 Å². The molecule has 0 amide bonds. The molecule has 0 unspecified atom stereocenters. The van der Waals surface area contributed by atoms with Gasteiger partial charge in [0.2, 0.25) is 0 Å². The monoisotopic (exact) mass is 304 g/mol. The number of aromatic carboxylic acids is 1. The molecule has 0 radical (unpaired) electrons. The van der Waals surface area contributed by atoms with Crippen molar-refractivity contribution >= 4 is 11.7 Å². The molecular weight excluding hydrogens is 291 g/mol. The van der Waals surface area contributed by atoms with Crippen LogP contribution in [-0.2, 0) is 6.42 Å². The molecule has 6 nitrogen and oxygen atoms in total. The Labute approximate surface area is 125 Å². The average Bonchev–Trinajstić information content (AvgIpc) is 2.52. The van der Waals surface area contributed by atoms with Gasteiger partial charge in [0, 0.05) is 12.3 Å². The normalized spacial score (nSPS) is 10.4. The Morgan fingerprint density at radius 2 is 1.95 bits per heavy atom. The molecule has 1 aromatic heterocycles. The van der Waals surface area contributed by atoms with Crippen molar-refractivity contribution < 1.29 is 19.2 Å². The number of carboxylic acid groups (broad SMARTS) is 1. The number of nitrogens with zero attached hydrogens (tertiary/aromatic N) is 2. The molecule has 2 rings (SSSR count). The molecule has 0 aliphatic rings. The number of carbonyl (C=O) groups is 1. The maximum absolute atomic E-state index is 12.2. The Kier molecular flexibility index (Phi) is 4.77. The predicted octanol–water partition coefficient (Wildman–Crippen LogP) is 3.26. The van der Waals surface area contributed by atoms with Crippen molar-refractivity contribution in [2.24, 2.45) is 0 Å². The lowest BCUT2D eigenvalue weighted by atomic mass is 9.99. The third kappa shape index (κ3) is 3.25. The maximum atomic E-state index is 12.2. The number of aryl methyl sites for hydroxylation is 1. The van der Waals surface area contributed by atoms with Crippen molar-refractivity contribution in [3.63, 3.8) is 0 Å². The molecule has 0 aliphatic carbocycles. The summed E-state index contributed by atoms with van der Waals surface area (Å²) in [4.78, 5) is 25.5. The number of nitro groups is 1. The van der Waals surface area contributed by atoms with E-state index in [0.717, 1.165) is 11.8 Å². The smallest absolute Gasteiger partial charge is 0.355 e. The quantitative estimate of drug-likeness (QED) is 0.653. The highest BCUT2D eigenvalue weighted by Crippen LogP contribution is 2.32. The number of aromatic nitrogens is 1. The van der Waals surface area contributed by atoms with Crippen LogP contribution in [0.15, 0.2) is 36.5 Å². The SMILES string of the molecule is O=C(O)c1nccc([N+](=O)[O-])c1-c1ccc(CCCF)cc1. The lowest BCUT2D eigenvalue weighted by Gasteiger charge is -2.07. The second-order valence-corrected chi connectivity index (χ2v) is 4.61. The second-order valence-electron chi connectivity index (χ2n) is 4.61. The van der Waals surface area contributed by atoms with Gasteiger partial charge in [0.1, 0.15) is 0 Å². The minimum atomic E-state index is -1.33. The van der Waals surface area contributed by atoms with E-state index in [2.05, 4.69) is 4.98 Å². The van der Waals surface area contributed by atoms with Gasteiger partial charge in [-0.2, -0.15) is 0 Å². The Hall–Kier alpha value is -2.83. The van der Waals surface area contributed by atoms with Crippen LogP contribution < -0.4 is 0 Å². The molecule has 114 valence electrons. The first-order valence-corrected chi connectivity index (χ1v) is 6.56. The fraction of sp³-hybridized carbons (Fsp3) is 0.200. The largest absolute Gasteiger partial charge is 0.476 e. The summed E-state index contributed by atoms with van der Waals surface area (Å²) < 4.78 is 12.2. The topological polar surface area (TPSA) is 93.3 Å². The summed E-state index contributed by atoms with van der Waals surface area (Å²) >= 11 is 0. The van der Waals surface area contributed by atoms with E-state index in [4.69, 9.17) is 0 Å². The number of halogens is 1. The molecule has 0 bridgehead atoms. The van der Waals surface area contributed by atoms with E-state index < -0.39 is 17.6 Å². The summed E-state index contributed by atoms with van der Waals surface area (Å²) in [7, 11) is 0. The van der Waals surface area contributed by atoms with E-state index in [1.165, 1.54) is 6.07 Å². The first kappa shape index (κ1) is 15.6. The standard InChI is InChI=1S/C15H13FN2O4/c16-8-1-2-10-3-5-11(6-4-10)13-12(18(21)22)7-9-17-14(13)15(19)20/h3-7,9H,1-2,8H2,(H,19,20). The fourth-order valence-electron chi connectivity index (χ4n) is 2.16. The second kappa shape index (κ2) is 6.75. The lowest BCUT2D eigenvalue weighted by molar-refractivity contribution is -0.384. The predicted molar refractivity (Wildman–Crippen MR) is 77.6 cm³/mol. The van der Waals surface area contributed by atoms with Crippen molar-refractivity contribution in [1.29, 1.82) is 0 Å². The summed E-state index contributed by atoms with van der Waals surface area (Å²) in [6, 6.07) is 7.74. The van der Waals surface area contributed by atoms with Crippen LogP contribution in [0.3, 0.4) is 0 Å². The van der Waals surface area contributed by atoms with Crippen LogP contribution >= 0.6 is 0 Å². The van der Waals surface area contributed by atoms with Crippen molar-refractivity contribution in [2.45, 2.75) is 12.8 Å². The molecule has 0 atom stereocenters. The number of carboxylic acids is 1. The number of benzene rings is 1. The summed E-state index contributed by atoms with van der Waals surface area (Å²) in [5.74, 6) is -1.33. The van der Waals surface area contributed by atoms with E-state index in [1.54, 1.807) is 24.3 Å². The number of alkyl halides is 1. The Morgan fingerprint density at radius 3 is 2.50 bits per heavy atom. The van der Waals surface area contributed by atoms with Crippen LogP contribution in [0.2, 0.25) is 0 Å². The summed E-state index contributed by atoms with van der Waals surface area (Å²) in [6.07, 6.45) is 2.05. The zero-order chi connectivity index (χ0) is 16.1. The van der Waals surface area contributed by atoms with Crippen LogP contribution in [0.25, 0.3) is 11.1 Å². The molecule has 0 fully saturated rings. The number of pyridine rings is 1. The van der Waals surface area contributed by atoms with Gasteiger partial charge in [0.25, 0.3) is 5.69 Å². The highest BCUT2D eigenvalue weighted by Gasteiger charge is 2.24. The maximum Gasteiger partial charge on any atom is 0.355 e. The third-order valence-electron chi connectivity index (χ3n) is 3.17. The average molecular weight is 304 g/mol. The first-order valence-electron chi connectivity index (χ1n) is 6.56. The van der Waals surface area contributed by atoms with Gasteiger partial charge < -0.3 is 5.11 Å². The zero-order valence-corrected chi connectivity index (χ0v) is 11.5.